The minimum absolute atomic E-state index is 0.0991. The van der Waals surface area contributed by atoms with Crippen LogP contribution < -0.4 is 0 Å². The van der Waals surface area contributed by atoms with Crippen LogP contribution in [-0.2, 0) is 4.79 Å². The molecule has 0 saturated carbocycles. The molecule has 0 aliphatic rings. The zero-order valence-electron chi connectivity index (χ0n) is 8.10. The van der Waals surface area contributed by atoms with E-state index in [1.165, 1.54) is 6.92 Å². The van der Waals surface area contributed by atoms with Gasteiger partial charge in [-0.1, -0.05) is 35.5 Å². The molecule has 74 valence electrons. The van der Waals surface area contributed by atoms with Gasteiger partial charge < -0.3 is 10.0 Å². The SMILES string of the molecule is CC(=O)CC/C(=N\O)c1ccccc1. The Hall–Kier alpha value is -1.64. The van der Waals surface area contributed by atoms with E-state index >= 15 is 0 Å². The molecule has 0 aliphatic heterocycles. The van der Waals surface area contributed by atoms with E-state index in [0.717, 1.165) is 5.56 Å². The van der Waals surface area contributed by atoms with Crippen molar-refractivity contribution in [1.82, 2.24) is 0 Å². The van der Waals surface area contributed by atoms with Gasteiger partial charge in [-0.2, -0.15) is 0 Å². The number of nitrogens with zero attached hydrogens (tertiary/aromatic N) is 1. The van der Waals surface area contributed by atoms with Gasteiger partial charge >= 0.3 is 0 Å². The number of hydrogen-bond acceptors (Lipinski definition) is 3. The van der Waals surface area contributed by atoms with E-state index in [4.69, 9.17) is 5.21 Å². The van der Waals surface area contributed by atoms with Crippen LogP contribution in [0.4, 0.5) is 0 Å². The predicted octanol–water partition coefficient (Wildman–Crippen LogP) is 2.23. The lowest BCUT2D eigenvalue weighted by Gasteiger charge is -2.02. The number of hydrogen-bond donors (Lipinski definition) is 1. The first-order valence-corrected chi connectivity index (χ1v) is 4.50. The summed E-state index contributed by atoms with van der Waals surface area (Å²) in [6.07, 6.45) is 0.893. The van der Waals surface area contributed by atoms with Crippen LogP contribution in [0.15, 0.2) is 35.5 Å². The Balaban J connectivity index is 2.69. The van der Waals surface area contributed by atoms with Gasteiger partial charge in [-0.25, -0.2) is 0 Å². The zero-order valence-corrected chi connectivity index (χ0v) is 8.10. The molecule has 0 fully saturated rings. The van der Waals surface area contributed by atoms with Gasteiger partial charge in [0.2, 0.25) is 0 Å². The third kappa shape index (κ3) is 3.01. The van der Waals surface area contributed by atoms with E-state index in [1.54, 1.807) is 0 Å². The zero-order chi connectivity index (χ0) is 10.4. The third-order valence-electron chi connectivity index (χ3n) is 1.94. The Morgan fingerprint density at radius 2 is 1.93 bits per heavy atom. The maximum Gasteiger partial charge on any atom is 0.130 e. The van der Waals surface area contributed by atoms with E-state index in [-0.39, 0.29) is 5.78 Å². The molecule has 1 aromatic carbocycles. The molecule has 0 amide bonds. The third-order valence-corrected chi connectivity index (χ3v) is 1.94. The Labute approximate surface area is 83.1 Å². The first-order chi connectivity index (χ1) is 6.74. The summed E-state index contributed by atoms with van der Waals surface area (Å²) in [5, 5.41) is 12.0. The maximum atomic E-state index is 10.8. The van der Waals surface area contributed by atoms with Crippen molar-refractivity contribution >= 4 is 11.5 Å². The van der Waals surface area contributed by atoms with Crippen LogP contribution in [-0.4, -0.2) is 16.7 Å². The van der Waals surface area contributed by atoms with Gasteiger partial charge in [-0.15, -0.1) is 0 Å². The second-order valence-electron chi connectivity index (χ2n) is 3.11. The molecule has 3 heteroatoms. The molecule has 0 radical (unpaired) electrons. The molecule has 1 N–H and O–H groups in total. The molecule has 3 nitrogen and oxygen atoms in total. The summed E-state index contributed by atoms with van der Waals surface area (Å²) in [4.78, 5) is 10.8. The van der Waals surface area contributed by atoms with Crippen LogP contribution in [0.5, 0.6) is 0 Å². The summed E-state index contributed by atoms with van der Waals surface area (Å²) in [6, 6.07) is 9.34. The van der Waals surface area contributed by atoms with Gasteiger partial charge in [0, 0.05) is 12.8 Å². The molecule has 14 heavy (non-hydrogen) atoms. The van der Waals surface area contributed by atoms with Crippen molar-refractivity contribution in [3.8, 4) is 0 Å². The van der Waals surface area contributed by atoms with Gasteiger partial charge in [0.1, 0.15) is 5.78 Å². The van der Waals surface area contributed by atoms with Gasteiger partial charge in [0.15, 0.2) is 0 Å². The first kappa shape index (κ1) is 10.4. The maximum absolute atomic E-state index is 10.8. The number of ketones is 1. The second-order valence-corrected chi connectivity index (χ2v) is 3.11. The molecular weight excluding hydrogens is 178 g/mol. The number of carbonyl (C=O) groups is 1. The van der Waals surface area contributed by atoms with Gasteiger partial charge in [0.05, 0.1) is 5.71 Å². The van der Waals surface area contributed by atoms with E-state index in [0.29, 0.717) is 18.6 Å². The van der Waals surface area contributed by atoms with E-state index in [1.807, 2.05) is 30.3 Å². The highest BCUT2D eigenvalue weighted by Crippen LogP contribution is 2.06. The lowest BCUT2D eigenvalue weighted by molar-refractivity contribution is -0.116. The largest absolute Gasteiger partial charge is 0.411 e. The number of Topliss-reactive ketones (excluding diaryl/α,β-unsaturated/α-hetero) is 1. The predicted molar refractivity (Wildman–Crippen MR) is 54.7 cm³/mol. The van der Waals surface area contributed by atoms with Crippen LogP contribution in [0.2, 0.25) is 0 Å². The highest BCUT2D eigenvalue weighted by atomic mass is 16.4. The number of rotatable bonds is 4. The Morgan fingerprint density at radius 1 is 1.29 bits per heavy atom. The molecular formula is C11H13NO2. The topological polar surface area (TPSA) is 49.7 Å². The molecule has 0 unspecified atom stereocenters. The number of benzene rings is 1. The van der Waals surface area contributed by atoms with Crippen LogP contribution in [0, 0.1) is 0 Å². The van der Waals surface area contributed by atoms with Crippen LogP contribution in [0.1, 0.15) is 25.3 Å². The average Bonchev–Trinajstić information content (AvgIpc) is 2.20. The Kier molecular flexibility index (Phi) is 3.85. The minimum atomic E-state index is 0.0991. The summed E-state index contributed by atoms with van der Waals surface area (Å²) in [5.41, 5.74) is 1.41. The Bertz CT molecular complexity index is 330. The summed E-state index contributed by atoms with van der Waals surface area (Å²) in [5.74, 6) is 0.0991. The summed E-state index contributed by atoms with van der Waals surface area (Å²) < 4.78 is 0. The van der Waals surface area contributed by atoms with E-state index in [2.05, 4.69) is 5.16 Å². The van der Waals surface area contributed by atoms with E-state index < -0.39 is 0 Å². The van der Waals surface area contributed by atoms with Gasteiger partial charge in [-0.3, -0.25) is 0 Å². The molecule has 1 rings (SSSR count). The van der Waals surface area contributed by atoms with Crippen LogP contribution in [0.3, 0.4) is 0 Å². The number of oxime groups is 1. The quantitative estimate of drug-likeness (QED) is 0.450. The van der Waals surface area contributed by atoms with Crippen molar-refractivity contribution in [2.45, 2.75) is 19.8 Å². The molecule has 0 atom stereocenters. The highest BCUT2D eigenvalue weighted by molar-refractivity contribution is 6.01. The van der Waals surface area contributed by atoms with Gasteiger partial charge in [0.25, 0.3) is 0 Å². The smallest absolute Gasteiger partial charge is 0.130 e. The van der Waals surface area contributed by atoms with Crippen LogP contribution >= 0.6 is 0 Å². The van der Waals surface area contributed by atoms with Crippen molar-refractivity contribution in [1.29, 1.82) is 0 Å². The minimum Gasteiger partial charge on any atom is -0.411 e. The van der Waals surface area contributed by atoms with Crippen molar-refractivity contribution in [3.05, 3.63) is 35.9 Å². The molecule has 0 spiro atoms. The molecule has 0 heterocycles. The Morgan fingerprint density at radius 3 is 2.43 bits per heavy atom. The first-order valence-electron chi connectivity index (χ1n) is 4.50. The summed E-state index contributed by atoms with van der Waals surface area (Å²) in [6.45, 7) is 1.53. The fraction of sp³-hybridized carbons (Fsp3) is 0.273. The fourth-order valence-corrected chi connectivity index (χ4v) is 1.18. The average molecular weight is 191 g/mol. The van der Waals surface area contributed by atoms with Crippen LogP contribution in [0.25, 0.3) is 0 Å². The molecule has 0 bridgehead atoms. The fourth-order valence-electron chi connectivity index (χ4n) is 1.18. The number of carbonyl (C=O) groups excluding carboxylic acids is 1. The van der Waals surface area contributed by atoms with Crippen molar-refractivity contribution in [2.75, 3.05) is 0 Å². The molecule has 0 aromatic heterocycles. The van der Waals surface area contributed by atoms with Crippen molar-refractivity contribution in [2.24, 2.45) is 5.16 Å². The highest BCUT2D eigenvalue weighted by Gasteiger charge is 2.04. The molecule has 0 saturated heterocycles. The lowest BCUT2D eigenvalue weighted by Crippen LogP contribution is -2.03. The second kappa shape index (κ2) is 5.17. The molecule has 0 aliphatic carbocycles. The summed E-state index contributed by atoms with van der Waals surface area (Å²) >= 11 is 0. The monoisotopic (exact) mass is 191 g/mol. The standard InChI is InChI=1S/C11H13NO2/c1-9(13)7-8-11(12-14)10-5-3-2-4-6-10/h2-6,14H,7-8H2,1H3/b12-11+. The molecule has 1 aromatic rings. The van der Waals surface area contributed by atoms with Crippen molar-refractivity contribution in [3.63, 3.8) is 0 Å². The summed E-state index contributed by atoms with van der Waals surface area (Å²) in [7, 11) is 0. The van der Waals surface area contributed by atoms with Gasteiger partial charge in [-0.05, 0) is 12.5 Å². The van der Waals surface area contributed by atoms with E-state index in [9.17, 15) is 4.79 Å². The van der Waals surface area contributed by atoms with Crippen molar-refractivity contribution < 1.29 is 10.0 Å². The lowest BCUT2D eigenvalue weighted by atomic mass is 10.0. The normalized spacial score (nSPS) is 11.4.